The van der Waals surface area contributed by atoms with E-state index in [2.05, 4.69) is 10.3 Å². The molecule has 0 atom stereocenters. The van der Waals surface area contributed by atoms with Crippen molar-refractivity contribution in [1.82, 2.24) is 19.6 Å². The topological polar surface area (TPSA) is 55.1 Å². The summed E-state index contributed by atoms with van der Waals surface area (Å²) in [5.41, 5.74) is 5.65. The molecule has 25 heavy (non-hydrogen) atoms. The fourth-order valence-corrected chi connectivity index (χ4v) is 3.00. The molecule has 3 heterocycles. The van der Waals surface area contributed by atoms with Crippen molar-refractivity contribution in [3.05, 3.63) is 71.3 Å². The highest BCUT2D eigenvalue weighted by atomic mass is 35.5. The molecule has 3 aromatic heterocycles. The third-order valence-electron chi connectivity index (χ3n) is 3.98. The lowest BCUT2D eigenvalue weighted by molar-refractivity contribution is 0.917. The number of anilines is 2. The zero-order chi connectivity index (χ0) is 17.4. The minimum absolute atomic E-state index is 0.710. The van der Waals surface area contributed by atoms with Crippen LogP contribution in [0.25, 0.3) is 16.8 Å². The van der Waals surface area contributed by atoms with E-state index < -0.39 is 0 Å². The molecular formula is C19H16ClN5. The minimum Gasteiger partial charge on any atom is -0.340 e. The second-order valence-corrected chi connectivity index (χ2v) is 6.28. The third-order valence-corrected chi connectivity index (χ3v) is 4.23. The number of nitrogens with one attached hydrogen (secondary N) is 1. The van der Waals surface area contributed by atoms with Crippen LogP contribution in [0.1, 0.15) is 11.4 Å². The van der Waals surface area contributed by atoms with Gasteiger partial charge in [-0.05, 0) is 43.7 Å². The van der Waals surface area contributed by atoms with E-state index in [9.17, 15) is 0 Å². The van der Waals surface area contributed by atoms with Crippen LogP contribution in [0.4, 0.5) is 11.5 Å². The summed E-state index contributed by atoms with van der Waals surface area (Å²) >= 11 is 6.02. The highest BCUT2D eigenvalue weighted by Crippen LogP contribution is 2.30. The van der Waals surface area contributed by atoms with Gasteiger partial charge in [0.05, 0.1) is 5.69 Å². The van der Waals surface area contributed by atoms with Crippen molar-refractivity contribution in [2.75, 3.05) is 5.32 Å². The van der Waals surface area contributed by atoms with Crippen LogP contribution < -0.4 is 5.32 Å². The molecule has 0 aliphatic rings. The third kappa shape index (κ3) is 2.94. The maximum Gasteiger partial charge on any atom is 0.165 e. The first-order chi connectivity index (χ1) is 12.1. The first-order valence-corrected chi connectivity index (χ1v) is 8.29. The van der Waals surface area contributed by atoms with Crippen LogP contribution in [0.15, 0.2) is 54.9 Å². The van der Waals surface area contributed by atoms with Gasteiger partial charge in [0, 0.05) is 40.4 Å². The summed E-state index contributed by atoms with van der Waals surface area (Å²) in [5, 5.41) is 8.79. The molecular weight excluding hydrogens is 334 g/mol. The quantitative estimate of drug-likeness (QED) is 0.577. The van der Waals surface area contributed by atoms with Gasteiger partial charge in [-0.15, -0.1) is 0 Å². The molecule has 0 saturated carbocycles. The lowest BCUT2D eigenvalue weighted by Gasteiger charge is -2.09. The van der Waals surface area contributed by atoms with Gasteiger partial charge in [-0.2, -0.15) is 9.61 Å². The summed E-state index contributed by atoms with van der Waals surface area (Å²) in [6, 6.07) is 13.6. The van der Waals surface area contributed by atoms with Crippen molar-refractivity contribution in [2.45, 2.75) is 13.8 Å². The summed E-state index contributed by atoms with van der Waals surface area (Å²) in [4.78, 5) is 8.76. The van der Waals surface area contributed by atoms with Crippen molar-refractivity contribution in [3.8, 4) is 11.1 Å². The van der Waals surface area contributed by atoms with Crippen LogP contribution in [0.5, 0.6) is 0 Å². The normalized spacial score (nSPS) is 11.0. The average molecular weight is 350 g/mol. The summed E-state index contributed by atoms with van der Waals surface area (Å²) < 4.78 is 1.84. The van der Waals surface area contributed by atoms with Gasteiger partial charge in [-0.3, -0.25) is 4.98 Å². The molecule has 0 radical (unpaired) electrons. The number of fused-ring (bicyclic) bond motifs is 1. The largest absolute Gasteiger partial charge is 0.340 e. The van der Waals surface area contributed by atoms with E-state index in [-0.39, 0.29) is 0 Å². The molecule has 0 bridgehead atoms. The summed E-state index contributed by atoms with van der Waals surface area (Å²) in [7, 11) is 0. The zero-order valence-electron chi connectivity index (χ0n) is 13.9. The van der Waals surface area contributed by atoms with Crippen molar-refractivity contribution >= 4 is 28.8 Å². The number of hydrogen-bond donors (Lipinski definition) is 1. The molecule has 0 fully saturated rings. The van der Waals surface area contributed by atoms with Crippen LogP contribution >= 0.6 is 11.6 Å². The molecule has 4 aromatic rings. The Morgan fingerprint density at radius 3 is 2.44 bits per heavy atom. The Morgan fingerprint density at radius 2 is 1.72 bits per heavy atom. The lowest BCUT2D eigenvalue weighted by Crippen LogP contribution is -2.02. The number of aryl methyl sites for hydroxylation is 2. The molecule has 0 saturated heterocycles. The van der Waals surface area contributed by atoms with Crippen LogP contribution in [-0.2, 0) is 0 Å². The number of benzene rings is 1. The maximum absolute atomic E-state index is 6.02. The number of nitrogens with zero attached hydrogens (tertiary/aromatic N) is 4. The smallest absolute Gasteiger partial charge is 0.165 e. The Morgan fingerprint density at radius 1 is 1.00 bits per heavy atom. The molecule has 0 unspecified atom stereocenters. The Bertz CT molecular complexity index is 1040. The predicted molar refractivity (Wildman–Crippen MR) is 100 cm³/mol. The molecule has 6 heteroatoms. The zero-order valence-corrected chi connectivity index (χ0v) is 14.6. The maximum atomic E-state index is 6.02. The Kier molecular flexibility index (Phi) is 3.86. The van der Waals surface area contributed by atoms with Crippen LogP contribution in [0.3, 0.4) is 0 Å². The molecule has 1 aromatic carbocycles. The second kappa shape index (κ2) is 6.18. The molecule has 0 aliphatic heterocycles. The number of hydrogen-bond acceptors (Lipinski definition) is 4. The first kappa shape index (κ1) is 15.6. The Labute approximate surface area is 150 Å². The van der Waals surface area contributed by atoms with E-state index in [1.54, 1.807) is 12.4 Å². The second-order valence-electron chi connectivity index (χ2n) is 5.85. The molecule has 5 nitrogen and oxygen atoms in total. The molecule has 4 rings (SSSR count). The molecule has 0 spiro atoms. The summed E-state index contributed by atoms with van der Waals surface area (Å²) in [6.45, 7) is 3.97. The highest BCUT2D eigenvalue weighted by molar-refractivity contribution is 6.30. The number of rotatable bonds is 3. The van der Waals surface area contributed by atoms with Gasteiger partial charge in [-0.1, -0.05) is 23.7 Å². The van der Waals surface area contributed by atoms with Crippen LogP contribution in [0.2, 0.25) is 5.02 Å². The van der Waals surface area contributed by atoms with E-state index in [0.717, 1.165) is 39.7 Å². The van der Waals surface area contributed by atoms with Crippen molar-refractivity contribution in [2.24, 2.45) is 0 Å². The fourth-order valence-electron chi connectivity index (χ4n) is 2.87. The van der Waals surface area contributed by atoms with Gasteiger partial charge in [-0.25, -0.2) is 4.98 Å². The highest BCUT2D eigenvalue weighted by Gasteiger charge is 2.16. The van der Waals surface area contributed by atoms with E-state index in [0.29, 0.717) is 5.02 Å². The van der Waals surface area contributed by atoms with Gasteiger partial charge in [0.1, 0.15) is 5.82 Å². The molecule has 0 amide bonds. The van der Waals surface area contributed by atoms with Gasteiger partial charge >= 0.3 is 0 Å². The lowest BCUT2D eigenvalue weighted by atomic mass is 10.1. The van der Waals surface area contributed by atoms with E-state index in [4.69, 9.17) is 21.7 Å². The monoisotopic (exact) mass is 349 g/mol. The van der Waals surface area contributed by atoms with Crippen molar-refractivity contribution in [3.63, 3.8) is 0 Å². The molecule has 1 N–H and O–H groups in total. The van der Waals surface area contributed by atoms with Crippen molar-refractivity contribution in [1.29, 1.82) is 0 Å². The number of halogens is 1. The Hall–Kier alpha value is -2.92. The summed E-state index contributed by atoms with van der Waals surface area (Å²) in [5.74, 6) is 0.858. The Balaban J connectivity index is 1.89. The summed E-state index contributed by atoms with van der Waals surface area (Å²) in [6.07, 6.45) is 3.50. The van der Waals surface area contributed by atoms with Gasteiger partial charge in [0.25, 0.3) is 0 Å². The first-order valence-electron chi connectivity index (χ1n) is 7.92. The van der Waals surface area contributed by atoms with Gasteiger partial charge in [0.2, 0.25) is 0 Å². The van der Waals surface area contributed by atoms with Crippen LogP contribution in [-0.4, -0.2) is 19.6 Å². The van der Waals surface area contributed by atoms with E-state index in [1.807, 2.05) is 60.8 Å². The molecule has 124 valence electrons. The number of pyridine rings is 1. The van der Waals surface area contributed by atoms with Gasteiger partial charge < -0.3 is 5.32 Å². The minimum atomic E-state index is 0.710. The SMILES string of the molecule is Cc1cc(Nc2ccncc2)n2nc(C)c(-c3ccc(Cl)cc3)c2n1. The van der Waals surface area contributed by atoms with Gasteiger partial charge in [0.15, 0.2) is 5.65 Å². The van der Waals surface area contributed by atoms with Crippen LogP contribution in [0, 0.1) is 13.8 Å². The predicted octanol–water partition coefficient (Wildman–Crippen LogP) is 4.81. The molecule has 0 aliphatic carbocycles. The standard InChI is InChI=1S/C19H16ClN5/c1-12-11-17(23-16-7-9-21-10-8-16)25-19(22-12)18(13(2)24-25)14-3-5-15(20)6-4-14/h3-11H,1-2H3,(H,21,23). The average Bonchev–Trinajstić information content (AvgIpc) is 2.93. The van der Waals surface area contributed by atoms with Crippen molar-refractivity contribution < 1.29 is 0 Å². The van der Waals surface area contributed by atoms with E-state index in [1.165, 1.54) is 0 Å². The van der Waals surface area contributed by atoms with E-state index >= 15 is 0 Å². The number of aromatic nitrogens is 4. The fraction of sp³-hybridized carbons (Fsp3) is 0.105.